The summed E-state index contributed by atoms with van der Waals surface area (Å²) in [7, 11) is -3.98. The number of amides is 1. The molecule has 9 heteroatoms. The van der Waals surface area contributed by atoms with Crippen LogP contribution in [0.25, 0.3) is 0 Å². The molecule has 0 spiro atoms. The third-order valence-corrected chi connectivity index (χ3v) is 7.86. The van der Waals surface area contributed by atoms with Gasteiger partial charge in [-0.2, -0.15) is 9.41 Å². The number of carbonyl (C=O) groups is 1. The summed E-state index contributed by atoms with van der Waals surface area (Å²) in [5.41, 5.74) is 5.80. The van der Waals surface area contributed by atoms with Gasteiger partial charge < -0.3 is 0 Å². The lowest BCUT2D eigenvalue weighted by Crippen LogP contribution is -2.39. The maximum Gasteiger partial charge on any atom is 0.255 e. The van der Waals surface area contributed by atoms with Crippen LogP contribution in [0.15, 0.2) is 70.7 Å². The van der Waals surface area contributed by atoms with Crippen molar-refractivity contribution in [3.05, 3.63) is 98.5 Å². The van der Waals surface area contributed by atoms with E-state index in [0.29, 0.717) is 26.7 Å². The molecule has 178 valence electrons. The number of sulfonamides is 1. The number of rotatable bonds is 8. The number of hydrogen-bond acceptors (Lipinski definition) is 4. The number of nitrogens with zero attached hydrogens (tertiary/aromatic N) is 2. The van der Waals surface area contributed by atoms with E-state index in [4.69, 9.17) is 23.2 Å². The van der Waals surface area contributed by atoms with E-state index in [2.05, 4.69) is 10.5 Å². The fourth-order valence-electron chi connectivity index (χ4n) is 3.71. The maximum atomic E-state index is 13.7. The van der Waals surface area contributed by atoms with Crippen LogP contribution in [-0.2, 0) is 21.4 Å². The Bertz CT molecular complexity index is 1280. The summed E-state index contributed by atoms with van der Waals surface area (Å²) < 4.78 is 28.5. The van der Waals surface area contributed by atoms with Crippen molar-refractivity contribution in [3.8, 4) is 0 Å². The van der Waals surface area contributed by atoms with E-state index in [1.165, 1.54) is 6.21 Å². The van der Waals surface area contributed by atoms with Crippen LogP contribution >= 0.6 is 23.2 Å². The quantitative estimate of drug-likeness (QED) is 0.327. The van der Waals surface area contributed by atoms with Gasteiger partial charge in [-0.15, -0.1) is 0 Å². The molecule has 0 aliphatic heterocycles. The van der Waals surface area contributed by atoms with Gasteiger partial charge in [-0.25, -0.2) is 13.8 Å². The predicted octanol–water partition coefficient (Wildman–Crippen LogP) is 5.26. The zero-order chi connectivity index (χ0) is 24.9. The smallest absolute Gasteiger partial charge is 0.255 e. The van der Waals surface area contributed by atoms with Gasteiger partial charge in [-0.3, -0.25) is 4.79 Å². The number of halogens is 2. The van der Waals surface area contributed by atoms with E-state index >= 15 is 0 Å². The van der Waals surface area contributed by atoms with Crippen LogP contribution in [0.4, 0.5) is 0 Å². The maximum absolute atomic E-state index is 13.7. The van der Waals surface area contributed by atoms with Gasteiger partial charge in [0.25, 0.3) is 5.91 Å². The van der Waals surface area contributed by atoms with E-state index in [0.717, 1.165) is 15.4 Å². The number of aryl methyl sites for hydroxylation is 3. The van der Waals surface area contributed by atoms with E-state index in [-0.39, 0.29) is 11.4 Å². The predicted molar refractivity (Wildman–Crippen MR) is 137 cm³/mol. The summed E-state index contributed by atoms with van der Waals surface area (Å²) in [5.74, 6) is -0.596. The largest absolute Gasteiger partial charge is 0.272 e. The molecule has 3 aromatic carbocycles. The van der Waals surface area contributed by atoms with E-state index in [1.807, 2.05) is 49.4 Å². The third-order valence-electron chi connectivity index (χ3n) is 5.11. The summed E-state index contributed by atoms with van der Waals surface area (Å²) in [4.78, 5) is 12.9. The van der Waals surface area contributed by atoms with Crippen molar-refractivity contribution in [1.29, 1.82) is 0 Å². The molecule has 0 unspecified atom stereocenters. The highest BCUT2D eigenvalue weighted by Gasteiger charge is 2.30. The molecule has 0 radical (unpaired) electrons. The first-order chi connectivity index (χ1) is 16.1. The normalized spacial score (nSPS) is 11.8. The molecule has 0 bridgehead atoms. The number of hydrogen-bond donors (Lipinski definition) is 1. The SMILES string of the molecule is Cc1cc(C)c(S(=O)(=O)N(CC(=O)N/N=C\c2c(Cl)cccc2Cl)Cc2ccccc2)c(C)c1. The zero-order valence-corrected chi connectivity index (χ0v) is 21.4. The van der Waals surface area contributed by atoms with Crippen molar-refractivity contribution in [2.75, 3.05) is 6.54 Å². The molecule has 0 saturated carbocycles. The standard InChI is InChI=1S/C25H25Cl2N3O3S/c1-17-12-18(2)25(19(3)13-17)34(32,33)30(15-20-8-5-4-6-9-20)16-24(31)29-28-14-21-22(26)10-7-11-23(21)27/h4-14H,15-16H2,1-3H3,(H,29,31)/b28-14-. The van der Waals surface area contributed by atoms with Gasteiger partial charge in [-0.1, -0.05) is 77.3 Å². The zero-order valence-electron chi connectivity index (χ0n) is 19.0. The van der Waals surface area contributed by atoms with Crippen molar-refractivity contribution in [2.24, 2.45) is 5.10 Å². The Morgan fingerprint density at radius 2 is 1.56 bits per heavy atom. The van der Waals surface area contributed by atoms with Crippen molar-refractivity contribution < 1.29 is 13.2 Å². The van der Waals surface area contributed by atoms with Gasteiger partial charge in [0, 0.05) is 12.1 Å². The molecule has 3 rings (SSSR count). The molecule has 0 atom stereocenters. The Kier molecular flexibility index (Phi) is 8.49. The Balaban J connectivity index is 1.88. The van der Waals surface area contributed by atoms with Gasteiger partial charge >= 0.3 is 0 Å². The fraction of sp³-hybridized carbons (Fsp3) is 0.200. The molecule has 0 aliphatic rings. The third kappa shape index (κ3) is 6.24. The molecule has 3 aromatic rings. The van der Waals surface area contributed by atoms with Crippen molar-refractivity contribution in [1.82, 2.24) is 9.73 Å². The average molecular weight is 518 g/mol. The second kappa shape index (κ2) is 11.1. The molecule has 6 nitrogen and oxygen atoms in total. The first kappa shape index (κ1) is 25.9. The Morgan fingerprint density at radius 1 is 0.971 bits per heavy atom. The number of nitrogens with one attached hydrogen (secondary N) is 1. The van der Waals surface area contributed by atoms with Crippen LogP contribution in [0.2, 0.25) is 10.0 Å². The van der Waals surface area contributed by atoms with Crippen LogP contribution in [0, 0.1) is 20.8 Å². The van der Waals surface area contributed by atoms with Crippen LogP contribution in [0.3, 0.4) is 0 Å². The monoisotopic (exact) mass is 517 g/mol. The summed E-state index contributed by atoms with van der Waals surface area (Å²) in [5, 5.41) is 4.67. The van der Waals surface area contributed by atoms with Gasteiger partial charge in [0.1, 0.15) is 0 Å². The van der Waals surface area contributed by atoms with Gasteiger partial charge in [0.05, 0.1) is 27.7 Å². The number of benzene rings is 3. The average Bonchev–Trinajstić information content (AvgIpc) is 2.75. The molecular weight excluding hydrogens is 493 g/mol. The van der Waals surface area contributed by atoms with Gasteiger partial charge in [0.15, 0.2) is 0 Å². The Labute approximate surface area is 210 Å². The molecular formula is C25H25Cl2N3O3S. The molecule has 34 heavy (non-hydrogen) atoms. The summed E-state index contributed by atoms with van der Waals surface area (Å²) >= 11 is 12.2. The van der Waals surface area contributed by atoms with Gasteiger partial charge in [0.2, 0.25) is 10.0 Å². The minimum atomic E-state index is -3.98. The highest BCUT2D eigenvalue weighted by molar-refractivity contribution is 7.89. The summed E-state index contributed by atoms with van der Waals surface area (Å²) in [6, 6.07) is 17.7. The van der Waals surface area contributed by atoms with E-state index in [9.17, 15) is 13.2 Å². The van der Waals surface area contributed by atoms with Crippen LogP contribution in [0.1, 0.15) is 27.8 Å². The van der Waals surface area contributed by atoms with E-state index < -0.39 is 22.5 Å². The summed E-state index contributed by atoms with van der Waals surface area (Å²) in [6.07, 6.45) is 1.33. The highest BCUT2D eigenvalue weighted by atomic mass is 35.5. The second-order valence-corrected chi connectivity index (χ2v) is 10.6. The minimum Gasteiger partial charge on any atom is -0.272 e. The summed E-state index contributed by atoms with van der Waals surface area (Å²) in [6.45, 7) is 5.03. The van der Waals surface area contributed by atoms with Crippen molar-refractivity contribution in [2.45, 2.75) is 32.2 Å². The van der Waals surface area contributed by atoms with Crippen LogP contribution in [-0.4, -0.2) is 31.4 Å². The topological polar surface area (TPSA) is 78.8 Å². The lowest BCUT2D eigenvalue weighted by atomic mass is 10.1. The molecule has 1 N–H and O–H groups in total. The lowest BCUT2D eigenvalue weighted by Gasteiger charge is -2.24. The second-order valence-electron chi connectivity index (χ2n) is 7.92. The highest BCUT2D eigenvalue weighted by Crippen LogP contribution is 2.26. The Morgan fingerprint density at radius 3 is 2.15 bits per heavy atom. The minimum absolute atomic E-state index is 0.0312. The van der Waals surface area contributed by atoms with E-state index in [1.54, 1.807) is 32.0 Å². The van der Waals surface area contributed by atoms with Gasteiger partial charge in [-0.05, 0) is 49.6 Å². The molecule has 0 aliphatic carbocycles. The first-order valence-corrected chi connectivity index (χ1v) is 12.7. The fourth-order valence-corrected chi connectivity index (χ4v) is 6.01. The number of hydrazone groups is 1. The lowest BCUT2D eigenvalue weighted by molar-refractivity contribution is -0.121. The number of carbonyl (C=O) groups excluding carboxylic acids is 1. The molecule has 0 fully saturated rings. The molecule has 0 saturated heterocycles. The molecule has 0 aromatic heterocycles. The van der Waals surface area contributed by atoms with Crippen LogP contribution < -0.4 is 5.43 Å². The molecule has 0 heterocycles. The Hall–Kier alpha value is -2.71. The van der Waals surface area contributed by atoms with Crippen molar-refractivity contribution >= 4 is 45.3 Å². The van der Waals surface area contributed by atoms with Crippen molar-refractivity contribution in [3.63, 3.8) is 0 Å². The molecule has 1 amide bonds. The van der Waals surface area contributed by atoms with Crippen LogP contribution in [0.5, 0.6) is 0 Å². The first-order valence-electron chi connectivity index (χ1n) is 10.5.